The Labute approximate surface area is 191 Å². The van der Waals surface area contributed by atoms with Gasteiger partial charge in [-0.1, -0.05) is 62.4 Å². The minimum absolute atomic E-state index is 0.0422. The minimum atomic E-state index is -0.937. The third-order valence-corrected chi connectivity index (χ3v) is 7.05. The molecule has 0 aromatic heterocycles. The third kappa shape index (κ3) is 4.67. The lowest BCUT2D eigenvalue weighted by Gasteiger charge is -2.44. The first-order chi connectivity index (χ1) is 15.5. The molecule has 0 spiro atoms. The van der Waals surface area contributed by atoms with Crippen molar-refractivity contribution >= 4 is 11.8 Å². The van der Waals surface area contributed by atoms with Crippen molar-refractivity contribution in [2.24, 2.45) is 0 Å². The van der Waals surface area contributed by atoms with Gasteiger partial charge in [0.05, 0.1) is 7.11 Å². The molecule has 0 radical (unpaired) electrons. The van der Waals surface area contributed by atoms with E-state index in [0.29, 0.717) is 18.5 Å². The highest BCUT2D eigenvalue weighted by Crippen LogP contribution is 2.33. The Morgan fingerprint density at radius 2 is 1.69 bits per heavy atom. The second-order valence-electron chi connectivity index (χ2n) is 9.36. The van der Waals surface area contributed by atoms with Crippen LogP contribution in [0, 0.1) is 0 Å². The lowest BCUT2D eigenvalue weighted by molar-refractivity contribution is -0.132. The molecule has 32 heavy (non-hydrogen) atoms. The van der Waals surface area contributed by atoms with Gasteiger partial charge in [-0.05, 0) is 49.1 Å². The molecule has 1 N–H and O–H groups in total. The first kappa shape index (κ1) is 22.4. The van der Waals surface area contributed by atoms with E-state index in [1.54, 1.807) is 12.0 Å². The number of nitrogens with one attached hydrogen (secondary N) is 1. The van der Waals surface area contributed by atoms with Gasteiger partial charge in [0.2, 0.25) is 5.91 Å². The summed E-state index contributed by atoms with van der Waals surface area (Å²) in [4.78, 5) is 29.1. The second-order valence-corrected chi connectivity index (χ2v) is 9.36. The molecule has 0 bridgehead atoms. The van der Waals surface area contributed by atoms with Crippen LogP contribution in [-0.2, 0) is 17.8 Å². The summed E-state index contributed by atoms with van der Waals surface area (Å²) in [5.74, 6) is 0.645. The highest BCUT2D eigenvalue weighted by Gasteiger charge is 2.47. The maximum atomic E-state index is 13.7. The normalized spacial score (nSPS) is 21.9. The van der Waals surface area contributed by atoms with E-state index in [4.69, 9.17) is 4.74 Å². The van der Waals surface area contributed by atoms with Gasteiger partial charge in [0.1, 0.15) is 11.3 Å². The van der Waals surface area contributed by atoms with E-state index in [1.165, 1.54) is 19.3 Å². The maximum absolute atomic E-state index is 13.7. The zero-order chi connectivity index (χ0) is 22.6. The molecule has 1 aliphatic heterocycles. The molecular formula is C27H34N2O3. The molecule has 1 fully saturated rings. The van der Waals surface area contributed by atoms with Gasteiger partial charge in [-0.3, -0.25) is 9.59 Å². The van der Waals surface area contributed by atoms with Crippen LogP contribution in [0.2, 0.25) is 0 Å². The molecule has 5 heteroatoms. The van der Waals surface area contributed by atoms with Crippen molar-refractivity contribution in [3.8, 4) is 5.75 Å². The molecular weight excluding hydrogens is 400 g/mol. The minimum Gasteiger partial charge on any atom is -0.497 e. The van der Waals surface area contributed by atoms with Crippen molar-refractivity contribution in [1.29, 1.82) is 0 Å². The summed E-state index contributed by atoms with van der Waals surface area (Å²) >= 11 is 0. The monoisotopic (exact) mass is 434 g/mol. The molecule has 1 heterocycles. The van der Waals surface area contributed by atoms with E-state index in [1.807, 2.05) is 55.5 Å². The third-order valence-electron chi connectivity index (χ3n) is 7.05. The number of hydrogen-bond acceptors (Lipinski definition) is 3. The number of fused-ring (bicyclic) bond motifs is 1. The maximum Gasteiger partial charge on any atom is 0.255 e. The van der Waals surface area contributed by atoms with Gasteiger partial charge in [-0.2, -0.15) is 0 Å². The van der Waals surface area contributed by atoms with Crippen LogP contribution in [-0.4, -0.2) is 35.4 Å². The van der Waals surface area contributed by atoms with Gasteiger partial charge in [-0.15, -0.1) is 0 Å². The number of carbonyl (C=O) groups is 2. The fraction of sp³-hybridized carbons (Fsp3) is 0.481. The van der Waals surface area contributed by atoms with Crippen LogP contribution in [0.4, 0.5) is 0 Å². The van der Waals surface area contributed by atoms with Crippen LogP contribution in [0.5, 0.6) is 5.75 Å². The molecule has 1 saturated carbocycles. The van der Waals surface area contributed by atoms with Gasteiger partial charge in [0.15, 0.2) is 0 Å². The molecule has 2 aliphatic rings. The van der Waals surface area contributed by atoms with Crippen molar-refractivity contribution in [3.05, 3.63) is 65.2 Å². The SMILES string of the molecule is COc1ccc(CN2C(=O)c3ccccc3C[C@]2(C)C(=O)NC2CCCCCCC2)cc1. The van der Waals surface area contributed by atoms with Crippen molar-refractivity contribution < 1.29 is 14.3 Å². The topological polar surface area (TPSA) is 58.6 Å². The van der Waals surface area contributed by atoms with Gasteiger partial charge in [0.25, 0.3) is 5.91 Å². The summed E-state index contributed by atoms with van der Waals surface area (Å²) in [6, 6.07) is 15.6. The summed E-state index contributed by atoms with van der Waals surface area (Å²) in [5.41, 5.74) is 1.67. The summed E-state index contributed by atoms with van der Waals surface area (Å²) in [6.45, 7) is 2.30. The standard InChI is InChI=1S/C27H34N2O3/c1-27(26(31)28-22-11-6-4-3-5-7-12-22)18-21-10-8-9-13-24(21)25(30)29(27)19-20-14-16-23(32-2)17-15-20/h8-10,13-17,22H,3-7,11-12,18-19H2,1-2H3,(H,28,31)/t27-/m1/s1. The average molecular weight is 435 g/mol. The lowest BCUT2D eigenvalue weighted by atomic mass is 9.82. The number of amides is 2. The number of methoxy groups -OCH3 is 1. The quantitative estimate of drug-likeness (QED) is 0.730. The van der Waals surface area contributed by atoms with Crippen molar-refractivity contribution in [1.82, 2.24) is 10.2 Å². The van der Waals surface area contributed by atoms with Crippen molar-refractivity contribution in [2.75, 3.05) is 7.11 Å². The molecule has 170 valence electrons. The Kier molecular flexibility index (Phi) is 6.83. The Hall–Kier alpha value is -2.82. The predicted molar refractivity (Wildman–Crippen MR) is 126 cm³/mol. The zero-order valence-electron chi connectivity index (χ0n) is 19.2. The number of rotatable bonds is 5. The predicted octanol–water partition coefficient (Wildman–Crippen LogP) is 4.88. The van der Waals surface area contributed by atoms with E-state index in [2.05, 4.69) is 5.32 Å². The summed E-state index contributed by atoms with van der Waals surface area (Å²) in [7, 11) is 1.64. The first-order valence-corrected chi connectivity index (χ1v) is 11.8. The van der Waals surface area contributed by atoms with Gasteiger partial charge < -0.3 is 15.0 Å². The molecule has 0 saturated heterocycles. The van der Waals surface area contributed by atoms with E-state index >= 15 is 0 Å². The van der Waals surface area contributed by atoms with Crippen molar-refractivity contribution in [2.45, 2.75) is 76.4 Å². The van der Waals surface area contributed by atoms with Crippen LogP contribution in [0.15, 0.2) is 48.5 Å². The summed E-state index contributed by atoms with van der Waals surface area (Å²) in [6.07, 6.45) is 8.62. The Balaban J connectivity index is 1.62. The highest BCUT2D eigenvalue weighted by molar-refractivity contribution is 6.02. The summed E-state index contributed by atoms with van der Waals surface area (Å²) < 4.78 is 5.26. The average Bonchev–Trinajstić information content (AvgIpc) is 2.78. The van der Waals surface area contributed by atoms with Crippen LogP contribution < -0.4 is 10.1 Å². The van der Waals surface area contributed by atoms with E-state index in [9.17, 15) is 9.59 Å². The van der Waals surface area contributed by atoms with Crippen LogP contribution >= 0.6 is 0 Å². The second kappa shape index (κ2) is 9.76. The van der Waals surface area contributed by atoms with Crippen molar-refractivity contribution in [3.63, 3.8) is 0 Å². The number of carbonyl (C=O) groups excluding carboxylic acids is 2. The Bertz CT molecular complexity index is 948. The molecule has 4 rings (SSSR count). The largest absolute Gasteiger partial charge is 0.497 e. The van der Waals surface area contributed by atoms with Crippen LogP contribution in [0.3, 0.4) is 0 Å². The fourth-order valence-electron chi connectivity index (χ4n) is 5.02. The smallest absolute Gasteiger partial charge is 0.255 e. The van der Waals surface area contributed by atoms with E-state index in [0.717, 1.165) is 42.6 Å². The van der Waals surface area contributed by atoms with Gasteiger partial charge in [-0.25, -0.2) is 0 Å². The van der Waals surface area contributed by atoms with Gasteiger partial charge in [0, 0.05) is 24.6 Å². The number of benzene rings is 2. The molecule has 2 aromatic rings. The first-order valence-electron chi connectivity index (χ1n) is 11.8. The van der Waals surface area contributed by atoms with Crippen LogP contribution in [0.1, 0.15) is 73.4 Å². The summed E-state index contributed by atoms with van der Waals surface area (Å²) in [5, 5.41) is 3.33. The molecule has 2 amide bonds. The lowest BCUT2D eigenvalue weighted by Crippen LogP contribution is -2.63. The number of hydrogen-bond donors (Lipinski definition) is 1. The Morgan fingerprint density at radius 3 is 2.38 bits per heavy atom. The number of nitrogens with zero attached hydrogens (tertiary/aromatic N) is 1. The number of ether oxygens (including phenoxy) is 1. The molecule has 5 nitrogen and oxygen atoms in total. The van der Waals surface area contributed by atoms with E-state index in [-0.39, 0.29) is 17.9 Å². The zero-order valence-corrected chi connectivity index (χ0v) is 19.2. The molecule has 1 atom stereocenters. The Morgan fingerprint density at radius 1 is 1.03 bits per heavy atom. The van der Waals surface area contributed by atoms with Crippen LogP contribution in [0.25, 0.3) is 0 Å². The highest BCUT2D eigenvalue weighted by atomic mass is 16.5. The van der Waals surface area contributed by atoms with Gasteiger partial charge >= 0.3 is 0 Å². The molecule has 1 aliphatic carbocycles. The van der Waals surface area contributed by atoms with E-state index < -0.39 is 5.54 Å². The molecule has 2 aromatic carbocycles. The molecule has 0 unspecified atom stereocenters. The fourth-order valence-corrected chi connectivity index (χ4v) is 5.02.